The van der Waals surface area contributed by atoms with Gasteiger partial charge in [-0.2, -0.15) is 5.06 Å². The molecule has 0 radical (unpaired) electrons. The molecule has 3 atom stereocenters. The number of hydrogen-bond donors (Lipinski definition) is 1. The van der Waals surface area contributed by atoms with Gasteiger partial charge in [0.2, 0.25) is 0 Å². The van der Waals surface area contributed by atoms with Gasteiger partial charge in [0, 0.05) is 6.54 Å². The van der Waals surface area contributed by atoms with Gasteiger partial charge in [-0.15, -0.1) is 6.58 Å². The zero-order valence-electron chi connectivity index (χ0n) is 14.7. The molecule has 0 aromatic heterocycles. The van der Waals surface area contributed by atoms with E-state index in [1.54, 1.807) is 6.08 Å². The molecule has 1 aliphatic heterocycles. The molecular weight excluding hydrogens is 314 g/mol. The molecule has 1 saturated heterocycles. The predicted molar refractivity (Wildman–Crippen MR) is 97.0 cm³/mol. The minimum atomic E-state index is -0.718. The molecule has 0 unspecified atom stereocenters. The maximum Gasteiger partial charge on any atom is 0.164 e. The molecule has 1 heterocycles. The molecule has 0 amide bonds. The summed E-state index contributed by atoms with van der Waals surface area (Å²) in [5.74, 6) is -0.718. The lowest BCUT2D eigenvalue weighted by Gasteiger charge is -2.32. The van der Waals surface area contributed by atoms with Gasteiger partial charge in [-0.1, -0.05) is 66.7 Å². The second kappa shape index (κ2) is 7.50. The average Bonchev–Trinajstić information content (AvgIpc) is 2.91. The highest BCUT2D eigenvalue weighted by Gasteiger charge is 2.46. The van der Waals surface area contributed by atoms with E-state index in [0.29, 0.717) is 6.54 Å². The summed E-state index contributed by atoms with van der Waals surface area (Å²) in [6.07, 6.45) is 1.08. The van der Waals surface area contributed by atoms with Gasteiger partial charge in [0.05, 0.1) is 6.04 Å². The van der Waals surface area contributed by atoms with Crippen LogP contribution in [0.2, 0.25) is 0 Å². The summed E-state index contributed by atoms with van der Waals surface area (Å²) >= 11 is 0. The number of benzene rings is 2. The van der Waals surface area contributed by atoms with Gasteiger partial charge >= 0.3 is 0 Å². The summed E-state index contributed by atoms with van der Waals surface area (Å²) in [7, 11) is 0. The van der Waals surface area contributed by atoms with Crippen LogP contribution in [0.4, 0.5) is 0 Å². The Labute approximate surface area is 149 Å². The summed E-state index contributed by atoms with van der Waals surface area (Å²) in [5.41, 5.74) is 2.00. The van der Waals surface area contributed by atoms with Gasteiger partial charge in [-0.25, -0.2) is 0 Å². The quantitative estimate of drug-likeness (QED) is 0.628. The SMILES string of the molecule is C=C[C@H]1OC(C)(C)O[C@H]1[C@@H](c1ccccc1)N(O)Cc1ccccc1. The minimum absolute atomic E-state index is 0.300. The van der Waals surface area contributed by atoms with Crippen molar-refractivity contribution in [2.75, 3.05) is 0 Å². The van der Waals surface area contributed by atoms with Crippen LogP contribution in [-0.2, 0) is 16.0 Å². The summed E-state index contributed by atoms with van der Waals surface area (Å²) < 4.78 is 12.1. The van der Waals surface area contributed by atoms with Crippen LogP contribution in [0.1, 0.15) is 31.0 Å². The van der Waals surface area contributed by atoms with Crippen LogP contribution >= 0.6 is 0 Å². The Hall–Kier alpha value is -1.98. The number of ether oxygens (including phenoxy) is 2. The maximum absolute atomic E-state index is 10.9. The molecule has 0 aliphatic carbocycles. The lowest BCUT2D eigenvalue weighted by Crippen LogP contribution is -2.39. The first-order valence-corrected chi connectivity index (χ1v) is 8.53. The van der Waals surface area contributed by atoms with E-state index in [1.165, 1.54) is 5.06 Å². The number of hydroxylamine groups is 2. The Morgan fingerprint density at radius 3 is 2.28 bits per heavy atom. The largest absolute Gasteiger partial charge is 0.342 e. The standard InChI is InChI=1S/C21H25NO3/c1-4-18-20(25-21(2,3)24-18)19(17-13-9-6-10-14-17)22(23)15-16-11-7-5-8-12-16/h4-14,18-20,23H,1,15H2,2-3H3/t18-,19-,20-/m1/s1. The van der Waals surface area contributed by atoms with Crippen molar-refractivity contribution in [2.45, 2.75) is 44.4 Å². The predicted octanol–water partition coefficient (Wildman–Crippen LogP) is 4.33. The van der Waals surface area contributed by atoms with Crippen molar-refractivity contribution in [1.82, 2.24) is 5.06 Å². The Kier molecular flexibility index (Phi) is 5.35. The van der Waals surface area contributed by atoms with Crippen LogP contribution < -0.4 is 0 Å². The van der Waals surface area contributed by atoms with Crippen LogP contribution in [0.15, 0.2) is 73.3 Å². The normalized spacial score (nSPS) is 23.5. The van der Waals surface area contributed by atoms with Crippen molar-refractivity contribution in [2.24, 2.45) is 0 Å². The molecule has 1 aliphatic rings. The molecule has 1 N–H and O–H groups in total. The number of hydrogen-bond acceptors (Lipinski definition) is 4. The molecule has 4 nitrogen and oxygen atoms in total. The van der Waals surface area contributed by atoms with E-state index in [0.717, 1.165) is 11.1 Å². The fourth-order valence-electron chi connectivity index (χ4n) is 3.29. The number of rotatable bonds is 6. The second-order valence-electron chi connectivity index (χ2n) is 6.74. The monoisotopic (exact) mass is 339 g/mol. The van der Waals surface area contributed by atoms with Crippen LogP contribution in [0.3, 0.4) is 0 Å². The van der Waals surface area contributed by atoms with Crippen molar-refractivity contribution in [1.29, 1.82) is 0 Å². The lowest BCUT2D eigenvalue weighted by molar-refractivity contribution is -0.191. The van der Waals surface area contributed by atoms with E-state index < -0.39 is 5.79 Å². The molecule has 0 bridgehead atoms. The van der Waals surface area contributed by atoms with Gasteiger partial charge in [0.15, 0.2) is 5.79 Å². The molecule has 0 spiro atoms. The van der Waals surface area contributed by atoms with Crippen molar-refractivity contribution in [3.63, 3.8) is 0 Å². The van der Waals surface area contributed by atoms with E-state index in [9.17, 15) is 5.21 Å². The summed E-state index contributed by atoms with van der Waals surface area (Å²) in [5, 5.41) is 12.3. The second-order valence-corrected chi connectivity index (χ2v) is 6.74. The average molecular weight is 339 g/mol. The highest BCUT2D eigenvalue weighted by Crippen LogP contribution is 2.38. The summed E-state index contributed by atoms with van der Waals surface area (Å²) in [6, 6.07) is 19.4. The Morgan fingerprint density at radius 1 is 1.08 bits per heavy atom. The van der Waals surface area contributed by atoms with Crippen molar-refractivity contribution >= 4 is 0 Å². The summed E-state index contributed by atoms with van der Waals surface area (Å²) in [6.45, 7) is 8.02. The number of nitrogens with zero attached hydrogens (tertiary/aromatic N) is 1. The van der Waals surface area contributed by atoms with Crippen molar-refractivity contribution in [3.8, 4) is 0 Å². The van der Waals surface area contributed by atoms with E-state index in [4.69, 9.17) is 9.47 Å². The molecule has 3 rings (SSSR count). The highest BCUT2D eigenvalue weighted by atomic mass is 16.8. The Balaban J connectivity index is 1.91. The van der Waals surface area contributed by atoms with Crippen LogP contribution in [-0.4, -0.2) is 28.3 Å². The third kappa shape index (κ3) is 4.17. The van der Waals surface area contributed by atoms with E-state index in [-0.39, 0.29) is 18.2 Å². The first-order valence-electron chi connectivity index (χ1n) is 8.53. The molecule has 4 heteroatoms. The lowest BCUT2D eigenvalue weighted by atomic mass is 9.96. The fourth-order valence-corrected chi connectivity index (χ4v) is 3.29. The van der Waals surface area contributed by atoms with E-state index >= 15 is 0 Å². The first-order chi connectivity index (χ1) is 12.0. The third-order valence-corrected chi connectivity index (χ3v) is 4.36. The molecule has 1 fully saturated rings. The highest BCUT2D eigenvalue weighted by molar-refractivity contribution is 5.23. The zero-order chi connectivity index (χ0) is 17.9. The molecule has 2 aromatic carbocycles. The Bertz CT molecular complexity index is 687. The zero-order valence-corrected chi connectivity index (χ0v) is 14.7. The molecule has 132 valence electrons. The third-order valence-electron chi connectivity index (χ3n) is 4.36. The molecule has 25 heavy (non-hydrogen) atoms. The van der Waals surface area contributed by atoms with E-state index in [1.807, 2.05) is 74.5 Å². The van der Waals surface area contributed by atoms with Gasteiger partial charge in [0.25, 0.3) is 0 Å². The molecule has 2 aromatic rings. The van der Waals surface area contributed by atoms with Gasteiger partial charge in [0.1, 0.15) is 12.2 Å². The molecule has 0 saturated carbocycles. The van der Waals surface area contributed by atoms with Gasteiger partial charge in [-0.05, 0) is 25.0 Å². The Morgan fingerprint density at radius 2 is 1.68 bits per heavy atom. The summed E-state index contributed by atoms with van der Waals surface area (Å²) in [4.78, 5) is 0. The first kappa shape index (κ1) is 17.8. The van der Waals surface area contributed by atoms with Crippen molar-refractivity contribution < 1.29 is 14.7 Å². The van der Waals surface area contributed by atoms with E-state index in [2.05, 4.69) is 6.58 Å². The topological polar surface area (TPSA) is 41.9 Å². The van der Waals surface area contributed by atoms with Crippen LogP contribution in [0, 0.1) is 0 Å². The van der Waals surface area contributed by atoms with Crippen LogP contribution in [0.5, 0.6) is 0 Å². The van der Waals surface area contributed by atoms with Crippen LogP contribution in [0.25, 0.3) is 0 Å². The van der Waals surface area contributed by atoms with Gasteiger partial charge in [-0.3, -0.25) is 0 Å². The fraction of sp³-hybridized carbons (Fsp3) is 0.333. The van der Waals surface area contributed by atoms with Crippen molar-refractivity contribution in [3.05, 3.63) is 84.4 Å². The van der Waals surface area contributed by atoms with Gasteiger partial charge < -0.3 is 14.7 Å². The maximum atomic E-state index is 10.9. The smallest absolute Gasteiger partial charge is 0.164 e. The molecular formula is C21H25NO3. The minimum Gasteiger partial charge on any atom is -0.342 e.